The maximum Gasteiger partial charge on any atom is 0.472 e. The Morgan fingerprint density at radius 2 is 0.424 bits per heavy atom. The molecule has 0 saturated heterocycles. The van der Waals surface area contributed by atoms with E-state index in [1.54, 1.807) is 0 Å². The minimum absolute atomic E-state index is 0.0864. The number of phosphoric ester groups is 2. The average Bonchev–Trinajstić information content (AvgIpc) is 0.901. The largest absolute Gasteiger partial charge is 0.472 e. The first-order valence-corrected chi connectivity index (χ1v) is 53.1. The molecule has 0 aliphatic heterocycles. The highest BCUT2D eigenvalue weighted by Crippen LogP contribution is 2.45. The minimum atomic E-state index is -4.95. The Labute approximate surface area is 764 Å². The van der Waals surface area contributed by atoms with Crippen molar-refractivity contribution in [3.05, 3.63) is 182 Å². The topological polar surface area (TPSA) is 231 Å². The second-order valence-electron chi connectivity index (χ2n) is 33.2. The number of hydrogen-bond acceptors (Lipinski definition) is 14. The molecule has 0 aromatic carbocycles. The van der Waals surface area contributed by atoms with Crippen LogP contribution in [-0.2, 0) is 55.8 Å². The van der Waals surface area contributed by atoms with Crippen LogP contribution in [-0.4, -0.2) is 95.9 Å². The summed E-state index contributed by atoms with van der Waals surface area (Å²) in [4.78, 5) is 59.1. The summed E-state index contributed by atoms with van der Waals surface area (Å²) in [6, 6.07) is 0. The van der Waals surface area contributed by atoms with Crippen LogP contribution < -0.4 is 0 Å². The van der Waals surface area contributed by atoms with Crippen LogP contribution in [0.2, 0.25) is 0 Å². The smallest absolute Gasteiger partial charge is 0.463 e. The lowest BCUT2D eigenvalue weighted by molar-refractivity contribution is -0.161. The Bertz CT molecular complexity index is 3000. The molecule has 0 aromatic heterocycles. The summed E-state index contributed by atoms with van der Waals surface area (Å²) in [7, 11) is -9.82. The third-order valence-electron chi connectivity index (χ3n) is 21.1. The number of phosphoric acid groups is 2. The first kappa shape index (κ1) is 120. The number of esters is 3. The molecule has 0 spiro atoms. The van der Waals surface area contributed by atoms with Crippen LogP contribution in [0.15, 0.2) is 182 Å². The first-order valence-electron chi connectivity index (χ1n) is 50.1. The summed E-state index contributed by atoms with van der Waals surface area (Å²) in [5, 5.41) is 20.8. The van der Waals surface area contributed by atoms with E-state index in [0.29, 0.717) is 19.3 Å². The van der Waals surface area contributed by atoms with E-state index in [-0.39, 0.29) is 19.3 Å². The predicted molar refractivity (Wildman–Crippen MR) is 528 cm³/mol. The lowest BCUT2D eigenvalue weighted by Gasteiger charge is -2.21. The van der Waals surface area contributed by atoms with Crippen LogP contribution in [0.1, 0.15) is 419 Å². The molecular formula is C107H182O16P2. The molecule has 0 amide bonds. The van der Waals surface area contributed by atoms with Crippen molar-refractivity contribution in [3.8, 4) is 0 Å². The van der Waals surface area contributed by atoms with Gasteiger partial charge in [-0.2, -0.15) is 0 Å². The molecule has 0 saturated carbocycles. The van der Waals surface area contributed by atoms with Gasteiger partial charge in [0.1, 0.15) is 25.4 Å². The van der Waals surface area contributed by atoms with Gasteiger partial charge >= 0.3 is 33.6 Å². The molecule has 0 aliphatic rings. The van der Waals surface area contributed by atoms with Crippen LogP contribution >= 0.6 is 15.6 Å². The van der Waals surface area contributed by atoms with Crippen molar-refractivity contribution in [1.82, 2.24) is 0 Å². The lowest BCUT2D eigenvalue weighted by Crippen LogP contribution is -2.30. The molecule has 125 heavy (non-hydrogen) atoms. The molecule has 0 radical (unpaired) electrons. The Balaban J connectivity index is 4.57. The molecule has 0 heterocycles. The van der Waals surface area contributed by atoms with Crippen molar-refractivity contribution >= 4 is 33.6 Å². The zero-order valence-electron chi connectivity index (χ0n) is 79.2. The van der Waals surface area contributed by atoms with Crippen LogP contribution in [0.25, 0.3) is 0 Å². The number of carbonyl (C=O) groups is 3. The van der Waals surface area contributed by atoms with Crippen LogP contribution in [0.3, 0.4) is 0 Å². The summed E-state index contributed by atoms with van der Waals surface area (Å²) < 4.78 is 61.6. The highest BCUT2D eigenvalue weighted by molar-refractivity contribution is 7.47. The predicted octanol–water partition coefficient (Wildman–Crippen LogP) is 31.6. The van der Waals surface area contributed by atoms with E-state index >= 15 is 0 Å². The van der Waals surface area contributed by atoms with Crippen LogP contribution in [0.4, 0.5) is 0 Å². The van der Waals surface area contributed by atoms with Gasteiger partial charge in [-0.3, -0.25) is 32.5 Å². The van der Waals surface area contributed by atoms with E-state index in [0.717, 1.165) is 186 Å². The van der Waals surface area contributed by atoms with Crippen molar-refractivity contribution in [2.45, 2.75) is 437 Å². The van der Waals surface area contributed by atoms with Gasteiger partial charge in [-0.25, -0.2) is 9.13 Å². The summed E-state index contributed by atoms with van der Waals surface area (Å²) in [5.74, 6) is -1.58. The molecule has 5 unspecified atom stereocenters. The molecule has 18 heteroatoms. The van der Waals surface area contributed by atoms with E-state index in [9.17, 15) is 43.5 Å². The van der Waals surface area contributed by atoms with Gasteiger partial charge in [0.15, 0.2) is 6.10 Å². The fourth-order valence-corrected chi connectivity index (χ4v) is 15.2. The van der Waals surface area contributed by atoms with Crippen molar-refractivity contribution in [3.63, 3.8) is 0 Å². The zero-order chi connectivity index (χ0) is 90.7. The Morgan fingerprint density at radius 1 is 0.232 bits per heavy atom. The summed E-state index contributed by atoms with van der Waals surface area (Å²) in [5.41, 5.74) is 0. The van der Waals surface area contributed by atoms with Gasteiger partial charge in [-0.05, 0) is 161 Å². The fourth-order valence-electron chi connectivity index (χ4n) is 13.6. The molecule has 0 fully saturated rings. The molecule has 5 atom stereocenters. The van der Waals surface area contributed by atoms with E-state index in [1.165, 1.54) is 173 Å². The summed E-state index contributed by atoms with van der Waals surface area (Å²) in [6.45, 7) is 2.47. The Morgan fingerprint density at radius 3 is 0.672 bits per heavy atom. The number of carbonyl (C=O) groups excluding carboxylic acids is 3. The molecule has 16 nitrogen and oxygen atoms in total. The molecule has 4 N–H and O–H groups in total. The SMILES string of the molecule is CC/C=C\C/C=C\C/C=C\C/C=C\C/C=C\C/C=C\CCCCCCCCCCCCCCC(=O)OCC(COP(=O)(O)OCC(O)COP(=O)(O)OCC(O)COC(=O)CCCCCCCCCCCCCCCCCCCCC/C=C\C/C=C\C/C=C\C/C=C\CCCCC)OC(=O)CCCCCCCCC/C=C\C/C=C\C/C=C\C/C=C\C/C=C\CC. The monoisotopic (exact) mass is 1790 g/mol. The third-order valence-corrected chi connectivity index (χ3v) is 23.0. The minimum Gasteiger partial charge on any atom is -0.463 e. The summed E-state index contributed by atoms with van der Waals surface area (Å²) >= 11 is 0. The summed E-state index contributed by atoms with van der Waals surface area (Å²) in [6.07, 6.45) is 129. The van der Waals surface area contributed by atoms with Crippen LogP contribution in [0, 0.1) is 0 Å². The van der Waals surface area contributed by atoms with Gasteiger partial charge in [0.2, 0.25) is 0 Å². The van der Waals surface area contributed by atoms with Crippen molar-refractivity contribution < 1.29 is 75.8 Å². The molecule has 0 aliphatic carbocycles. The number of hydrogen-bond donors (Lipinski definition) is 4. The number of aliphatic hydroxyl groups excluding tert-OH is 2. The van der Waals surface area contributed by atoms with E-state index < -0.39 is 91.5 Å². The van der Waals surface area contributed by atoms with Gasteiger partial charge < -0.3 is 34.2 Å². The number of allylic oxidation sites excluding steroid dienone is 30. The van der Waals surface area contributed by atoms with Crippen molar-refractivity contribution in [2.24, 2.45) is 0 Å². The molecule has 0 rings (SSSR count). The fraction of sp³-hybridized carbons (Fsp3) is 0.692. The average molecular weight is 1790 g/mol. The van der Waals surface area contributed by atoms with Gasteiger partial charge in [-0.15, -0.1) is 0 Å². The number of ether oxygens (including phenoxy) is 3. The van der Waals surface area contributed by atoms with Gasteiger partial charge in [0.25, 0.3) is 0 Å². The van der Waals surface area contributed by atoms with Crippen molar-refractivity contribution in [2.75, 3.05) is 39.6 Å². The first-order chi connectivity index (χ1) is 61.2. The molecule has 716 valence electrons. The lowest BCUT2D eigenvalue weighted by atomic mass is 10.0. The molecular weight excluding hydrogens is 1600 g/mol. The van der Waals surface area contributed by atoms with Gasteiger partial charge in [0, 0.05) is 19.3 Å². The normalized spacial score (nSPS) is 14.5. The van der Waals surface area contributed by atoms with E-state index in [2.05, 4.69) is 203 Å². The van der Waals surface area contributed by atoms with Crippen LogP contribution in [0.5, 0.6) is 0 Å². The van der Waals surface area contributed by atoms with Gasteiger partial charge in [-0.1, -0.05) is 421 Å². The maximum atomic E-state index is 13.1. The molecule has 0 bridgehead atoms. The Hall–Kier alpha value is -5.35. The maximum absolute atomic E-state index is 13.1. The number of aliphatic hydroxyl groups is 2. The second-order valence-corrected chi connectivity index (χ2v) is 36.1. The second kappa shape index (κ2) is 97.7. The zero-order valence-corrected chi connectivity index (χ0v) is 81.0. The number of rotatable bonds is 94. The van der Waals surface area contributed by atoms with E-state index in [1.807, 2.05) is 0 Å². The highest BCUT2D eigenvalue weighted by Gasteiger charge is 2.30. The standard InChI is InChI=1S/C107H182O16P2/c1-4-7-10-13-16-19-22-25-28-31-34-37-40-42-44-46-48-49-50-51-53-55-56-58-61-63-66-69-72-75-78-81-84-87-90-93-105(110)117-96-102(108)97-119-124(113,114)120-98-103(109)99-121-125(115,116)122-101-104(123-107(112)95-92-89-86-83-80-77-74-71-68-65-60-39-36-33-30-27-24-21-18-15-12-9-6-3)100-118-106(111)94-91-88-85-82-79-76-73-70-67-64-62-59-57-54-52-47-45-43-41-38-35-32-29-26-23-20-17-14-11-8-5-2/h8-9,11-12,16-21,25-30,34-39,42-45,52,54,65,68,102-104,108-109H,4-7,10,13-15,22-24,31-33,40-41,46-51,53,55-64,66-67,69-101H2,1-3H3,(H,113,114)(H,115,116)/b11-8-,12-9-,19-16-,20-17-,21-18-,28-25-,29-26-,30-27-,37-34-,38-35-,39-36-,44-42-,45-43-,54-52-,68-65-. The highest BCUT2D eigenvalue weighted by atomic mass is 31.2. The van der Waals surface area contributed by atoms with Gasteiger partial charge in [0.05, 0.1) is 26.4 Å². The molecule has 0 aromatic rings. The number of unbranched alkanes of at least 4 members (excludes halogenated alkanes) is 41. The van der Waals surface area contributed by atoms with E-state index in [4.69, 9.17) is 32.3 Å². The quantitative estimate of drug-likeness (QED) is 0.0146. The third kappa shape index (κ3) is 99.1. The Kier molecular flexibility index (Phi) is 93.5. The van der Waals surface area contributed by atoms with Crippen molar-refractivity contribution in [1.29, 1.82) is 0 Å².